The van der Waals surface area contributed by atoms with Gasteiger partial charge < -0.3 is 14.1 Å². The summed E-state index contributed by atoms with van der Waals surface area (Å²) in [4.78, 5) is 5.20. The van der Waals surface area contributed by atoms with Crippen molar-refractivity contribution < 1.29 is 18.7 Å². The van der Waals surface area contributed by atoms with Crippen LogP contribution in [0.15, 0.2) is 29.4 Å². The maximum atomic E-state index is 12.0. The van der Waals surface area contributed by atoms with E-state index in [1.807, 2.05) is 24.3 Å². The van der Waals surface area contributed by atoms with Crippen molar-refractivity contribution >= 4 is 13.1 Å². The van der Waals surface area contributed by atoms with Crippen LogP contribution in [0.1, 0.15) is 12.0 Å². The minimum Gasteiger partial charge on any atom is -0.497 e. The molecule has 0 aromatic heterocycles. The highest BCUT2D eigenvalue weighted by atomic mass is 31.2. The molecule has 0 bridgehead atoms. The SMILES string of the molecule is COc1ccc(C2=NOC(P(C)(=O)OC)C2)cc1. The van der Waals surface area contributed by atoms with Crippen LogP contribution in [0.5, 0.6) is 5.75 Å². The molecule has 0 amide bonds. The highest BCUT2D eigenvalue weighted by molar-refractivity contribution is 7.58. The van der Waals surface area contributed by atoms with E-state index < -0.39 is 13.2 Å². The second-order valence-corrected chi connectivity index (χ2v) is 6.88. The second kappa shape index (κ2) is 5.12. The molecule has 2 unspecified atom stereocenters. The molecule has 0 N–H and O–H groups in total. The van der Waals surface area contributed by atoms with E-state index in [0.717, 1.165) is 17.0 Å². The van der Waals surface area contributed by atoms with Crippen LogP contribution >= 0.6 is 7.37 Å². The van der Waals surface area contributed by atoms with Crippen molar-refractivity contribution in [2.45, 2.75) is 12.3 Å². The monoisotopic (exact) mass is 269 g/mol. The smallest absolute Gasteiger partial charge is 0.242 e. The molecule has 0 aliphatic carbocycles. The molecule has 1 aromatic carbocycles. The lowest BCUT2D eigenvalue weighted by Crippen LogP contribution is -2.09. The van der Waals surface area contributed by atoms with Crippen molar-refractivity contribution in [2.75, 3.05) is 20.9 Å². The quantitative estimate of drug-likeness (QED) is 0.788. The Morgan fingerprint density at radius 2 is 2.00 bits per heavy atom. The van der Waals surface area contributed by atoms with E-state index in [1.54, 1.807) is 13.8 Å². The zero-order chi connectivity index (χ0) is 13.2. The van der Waals surface area contributed by atoms with Crippen molar-refractivity contribution in [3.63, 3.8) is 0 Å². The fourth-order valence-electron chi connectivity index (χ4n) is 1.69. The van der Waals surface area contributed by atoms with Gasteiger partial charge in [0.1, 0.15) is 5.75 Å². The van der Waals surface area contributed by atoms with Crippen LogP contribution in [-0.2, 0) is 13.9 Å². The third kappa shape index (κ3) is 2.57. The lowest BCUT2D eigenvalue weighted by atomic mass is 10.1. The van der Waals surface area contributed by atoms with Gasteiger partial charge in [-0.1, -0.05) is 5.16 Å². The Hall–Kier alpha value is -1.32. The van der Waals surface area contributed by atoms with Crippen LogP contribution in [0.4, 0.5) is 0 Å². The molecule has 1 aromatic rings. The standard InChI is InChI=1S/C12H16NO4P/c1-15-10-6-4-9(5-7-10)11-8-12(17-13-11)18(3,14)16-2/h4-7,12H,8H2,1-3H3. The Bertz CT molecular complexity index is 497. The first-order valence-corrected chi connectivity index (χ1v) is 7.71. The Kier molecular flexibility index (Phi) is 3.73. The number of ether oxygens (including phenoxy) is 1. The molecule has 0 radical (unpaired) electrons. The van der Waals surface area contributed by atoms with Crippen LogP contribution in [0.3, 0.4) is 0 Å². The molecule has 1 aliphatic rings. The molecule has 0 saturated carbocycles. The Morgan fingerprint density at radius 1 is 1.33 bits per heavy atom. The fraction of sp³-hybridized carbons (Fsp3) is 0.417. The van der Waals surface area contributed by atoms with Gasteiger partial charge in [0, 0.05) is 20.2 Å². The molecule has 0 fully saturated rings. The number of hydrogen-bond donors (Lipinski definition) is 0. The van der Waals surface area contributed by atoms with Crippen LogP contribution in [0, 0.1) is 0 Å². The highest BCUT2D eigenvalue weighted by Crippen LogP contribution is 2.51. The average Bonchev–Trinajstić information content (AvgIpc) is 2.89. The molecule has 0 spiro atoms. The molecule has 6 heteroatoms. The lowest BCUT2D eigenvalue weighted by Gasteiger charge is -2.15. The maximum Gasteiger partial charge on any atom is 0.242 e. The number of benzene rings is 1. The lowest BCUT2D eigenvalue weighted by molar-refractivity contribution is 0.128. The van der Waals surface area contributed by atoms with E-state index >= 15 is 0 Å². The minimum absolute atomic E-state index is 0.486. The molecule has 5 nitrogen and oxygen atoms in total. The molecule has 0 saturated heterocycles. The predicted molar refractivity (Wildman–Crippen MR) is 69.6 cm³/mol. The van der Waals surface area contributed by atoms with Crippen molar-refractivity contribution in [1.29, 1.82) is 0 Å². The Labute approximate surface area is 106 Å². The van der Waals surface area contributed by atoms with Crippen molar-refractivity contribution in [3.05, 3.63) is 29.8 Å². The van der Waals surface area contributed by atoms with Gasteiger partial charge in [0.25, 0.3) is 0 Å². The zero-order valence-electron chi connectivity index (χ0n) is 10.6. The van der Waals surface area contributed by atoms with E-state index in [4.69, 9.17) is 14.1 Å². The topological polar surface area (TPSA) is 57.1 Å². The van der Waals surface area contributed by atoms with Gasteiger partial charge in [0.15, 0.2) is 0 Å². The first-order chi connectivity index (χ1) is 8.56. The third-order valence-corrected chi connectivity index (χ3v) is 5.01. The molecular weight excluding hydrogens is 253 g/mol. The van der Waals surface area contributed by atoms with Gasteiger partial charge in [-0.05, 0) is 29.8 Å². The van der Waals surface area contributed by atoms with Gasteiger partial charge in [0.05, 0.1) is 12.8 Å². The summed E-state index contributed by atoms with van der Waals surface area (Å²) in [6.07, 6.45) is 0.494. The second-order valence-electron chi connectivity index (χ2n) is 4.12. The predicted octanol–water partition coefficient (Wildman–Crippen LogP) is 2.70. The molecule has 1 heterocycles. The van der Waals surface area contributed by atoms with E-state index in [9.17, 15) is 4.57 Å². The fourth-order valence-corrected chi connectivity index (χ4v) is 2.65. The van der Waals surface area contributed by atoms with Crippen LogP contribution in [-0.4, -0.2) is 32.4 Å². The first-order valence-electron chi connectivity index (χ1n) is 5.57. The summed E-state index contributed by atoms with van der Waals surface area (Å²) >= 11 is 0. The Balaban J connectivity index is 2.10. The number of rotatable bonds is 4. The van der Waals surface area contributed by atoms with Crippen LogP contribution in [0.25, 0.3) is 0 Å². The summed E-state index contributed by atoms with van der Waals surface area (Å²) in [6.45, 7) is 1.56. The molecule has 2 atom stereocenters. The third-order valence-electron chi connectivity index (χ3n) is 2.96. The van der Waals surface area contributed by atoms with E-state index in [0.29, 0.717) is 6.42 Å². The number of nitrogens with zero attached hydrogens (tertiary/aromatic N) is 1. The molecule has 1 aliphatic heterocycles. The van der Waals surface area contributed by atoms with Crippen molar-refractivity contribution in [1.82, 2.24) is 0 Å². The largest absolute Gasteiger partial charge is 0.497 e. The molecular formula is C12H16NO4P. The summed E-state index contributed by atoms with van der Waals surface area (Å²) in [6, 6.07) is 7.51. The summed E-state index contributed by atoms with van der Waals surface area (Å²) in [5.41, 5.74) is 1.72. The molecule has 18 heavy (non-hydrogen) atoms. The number of methoxy groups -OCH3 is 1. The van der Waals surface area contributed by atoms with Crippen molar-refractivity contribution in [2.24, 2.45) is 5.16 Å². The highest BCUT2D eigenvalue weighted by Gasteiger charge is 2.36. The molecule has 2 rings (SSSR count). The van der Waals surface area contributed by atoms with Gasteiger partial charge in [-0.15, -0.1) is 0 Å². The summed E-state index contributed by atoms with van der Waals surface area (Å²) in [7, 11) is 0.289. The van der Waals surface area contributed by atoms with Gasteiger partial charge in [-0.2, -0.15) is 0 Å². The first kappa shape index (κ1) is 13.1. The maximum absolute atomic E-state index is 12.0. The van der Waals surface area contributed by atoms with Crippen molar-refractivity contribution in [3.8, 4) is 5.75 Å². The van der Waals surface area contributed by atoms with Gasteiger partial charge in [-0.25, -0.2) is 0 Å². The average molecular weight is 269 g/mol. The summed E-state index contributed by atoms with van der Waals surface area (Å²) in [5.74, 6) is 0.299. The van der Waals surface area contributed by atoms with Gasteiger partial charge in [-0.3, -0.25) is 4.57 Å². The normalized spacial score (nSPS) is 21.9. The summed E-state index contributed by atoms with van der Waals surface area (Å²) in [5, 5.41) is 3.98. The van der Waals surface area contributed by atoms with E-state index in [2.05, 4.69) is 5.16 Å². The molecule has 98 valence electrons. The van der Waals surface area contributed by atoms with Crippen LogP contribution < -0.4 is 4.74 Å². The van der Waals surface area contributed by atoms with Gasteiger partial charge in [0.2, 0.25) is 13.2 Å². The van der Waals surface area contributed by atoms with E-state index in [-0.39, 0.29) is 0 Å². The number of oxime groups is 1. The minimum atomic E-state index is -2.76. The summed E-state index contributed by atoms with van der Waals surface area (Å²) < 4.78 is 22.1. The number of hydrogen-bond acceptors (Lipinski definition) is 5. The van der Waals surface area contributed by atoms with E-state index in [1.165, 1.54) is 7.11 Å². The zero-order valence-corrected chi connectivity index (χ0v) is 11.5. The van der Waals surface area contributed by atoms with Crippen LogP contribution in [0.2, 0.25) is 0 Å². The van der Waals surface area contributed by atoms with Gasteiger partial charge >= 0.3 is 0 Å². The Morgan fingerprint density at radius 3 is 2.56 bits per heavy atom.